The van der Waals surface area contributed by atoms with Crippen LogP contribution in [0.1, 0.15) is 17.3 Å². The summed E-state index contributed by atoms with van der Waals surface area (Å²) in [7, 11) is 0. The number of para-hydroxylation sites is 1. The van der Waals surface area contributed by atoms with Crippen LogP contribution < -0.4 is 61.2 Å². The largest absolute Gasteiger partial charge is 1.00 e. The fourth-order valence-electron chi connectivity index (χ4n) is 0.917. The van der Waals surface area contributed by atoms with Crippen LogP contribution in [-0.4, -0.2) is 12.6 Å². The molecule has 1 aromatic rings. The van der Waals surface area contributed by atoms with E-state index in [1.165, 1.54) is 6.07 Å². The van der Waals surface area contributed by atoms with Crippen molar-refractivity contribution in [3.05, 3.63) is 29.8 Å². The predicted octanol–water partition coefficient (Wildman–Crippen LogP) is -2.55. The standard InChI is InChI=1S/C9H10O3.K/c1-2-12-8-6-4-3-5-7(8)9(10)11;/h3-6H,2H2,1H3,(H,10,11);/q;+1/p-1. The number of carboxylic acids is 1. The quantitative estimate of drug-likeness (QED) is 0.509. The zero-order valence-electron chi connectivity index (χ0n) is 7.74. The van der Waals surface area contributed by atoms with Gasteiger partial charge in [-0.25, -0.2) is 0 Å². The molecule has 0 unspecified atom stereocenters. The summed E-state index contributed by atoms with van der Waals surface area (Å²) in [6.07, 6.45) is 0. The van der Waals surface area contributed by atoms with Crippen molar-refractivity contribution in [3.8, 4) is 5.75 Å². The van der Waals surface area contributed by atoms with E-state index < -0.39 is 5.97 Å². The Bertz CT molecular complexity index is 286. The van der Waals surface area contributed by atoms with Crippen molar-refractivity contribution in [1.82, 2.24) is 0 Å². The molecule has 1 aromatic carbocycles. The first kappa shape index (κ1) is 13.1. The van der Waals surface area contributed by atoms with Crippen LogP contribution in [0.4, 0.5) is 0 Å². The molecule has 0 heterocycles. The van der Waals surface area contributed by atoms with Gasteiger partial charge in [-0.3, -0.25) is 0 Å². The molecule has 3 nitrogen and oxygen atoms in total. The normalized spacial score (nSPS) is 8.69. The van der Waals surface area contributed by atoms with Gasteiger partial charge in [0.1, 0.15) is 5.75 Å². The molecular formula is C9H9KO3. The van der Waals surface area contributed by atoms with Gasteiger partial charge in [0.05, 0.1) is 12.6 Å². The SMILES string of the molecule is CCOc1ccccc1C(=O)[O-].[K+]. The van der Waals surface area contributed by atoms with E-state index in [0.29, 0.717) is 12.4 Å². The minimum Gasteiger partial charge on any atom is -0.545 e. The monoisotopic (exact) mass is 204 g/mol. The summed E-state index contributed by atoms with van der Waals surface area (Å²) in [4.78, 5) is 10.5. The van der Waals surface area contributed by atoms with E-state index >= 15 is 0 Å². The topological polar surface area (TPSA) is 49.4 Å². The van der Waals surface area contributed by atoms with Crippen molar-refractivity contribution in [2.24, 2.45) is 0 Å². The van der Waals surface area contributed by atoms with Crippen LogP contribution in [0.25, 0.3) is 0 Å². The number of carbonyl (C=O) groups is 1. The first-order chi connectivity index (χ1) is 5.75. The van der Waals surface area contributed by atoms with E-state index in [4.69, 9.17) is 4.74 Å². The number of carboxylic acid groups (broad SMARTS) is 1. The Morgan fingerprint density at radius 1 is 1.46 bits per heavy atom. The summed E-state index contributed by atoms with van der Waals surface area (Å²) in [6.45, 7) is 2.25. The Labute approximate surface area is 120 Å². The molecular weight excluding hydrogens is 195 g/mol. The van der Waals surface area contributed by atoms with Gasteiger partial charge in [0.15, 0.2) is 0 Å². The molecule has 0 bridgehead atoms. The number of carbonyl (C=O) groups excluding carboxylic acids is 1. The molecule has 1 rings (SSSR count). The first-order valence-corrected chi connectivity index (χ1v) is 3.69. The molecule has 0 N–H and O–H groups in total. The number of ether oxygens (including phenoxy) is 1. The third-order valence-electron chi connectivity index (χ3n) is 1.41. The molecule has 0 fully saturated rings. The second kappa shape index (κ2) is 6.56. The van der Waals surface area contributed by atoms with Gasteiger partial charge in [-0.05, 0) is 19.1 Å². The van der Waals surface area contributed by atoms with Gasteiger partial charge in [-0.15, -0.1) is 0 Å². The molecule has 64 valence electrons. The Hall–Kier alpha value is 0.126. The maximum absolute atomic E-state index is 10.5. The Morgan fingerprint density at radius 2 is 2.08 bits per heavy atom. The second-order valence-electron chi connectivity index (χ2n) is 2.22. The fourth-order valence-corrected chi connectivity index (χ4v) is 0.917. The van der Waals surface area contributed by atoms with Crippen LogP contribution >= 0.6 is 0 Å². The predicted molar refractivity (Wildman–Crippen MR) is 41.9 cm³/mol. The molecule has 0 amide bonds. The van der Waals surface area contributed by atoms with Crippen LogP contribution in [0, 0.1) is 0 Å². The Morgan fingerprint density at radius 3 is 2.62 bits per heavy atom. The molecule has 0 aliphatic heterocycles. The summed E-state index contributed by atoms with van der Waals surface area (Å²) in [5.74, 6) is -0.848. The number of benzene rings is 1. The van der Waals surface area contributed by atoms with Gasteiger partial charge in [0, 0.05) is 5.56 Å². The van der Waals surface area contributed by atoms with Gasteiger partial charge in [0.2, 0.25) is 0 Å². The van der Waals surface area contributed by atoms with E-state index in [1.54, 1.807) is 25.1 Å². The van der Waals surface area contributed by atoms with E-state index in [0.717, 1.165) is 0 Å². The maximum atomic E-state index is 10.5. The summed E-state index contributed by atoms with van der Waals surface area (Å²) in [6, 6.07) is 6.42. The third kappa shape index (κ3) is 3.78. The Kier molecular flexibility index (Phi) is 6.62. The Balaban J connectivity index is 0.00000144. The third-order valence-corrected chi connectivity index (χ3v) is 1.41. The molecule has 13 heavy (non-hydrogen) atoms. The van der Waals surface area contributed by atoms with Gasteiger partial charge in [-0.2, -0.15) is 0 Å². The number of aromatic carboxylic acids is 1. The van der Waals surface area contributed by atoms with E-state index in [-0.39, 0.29) is 56.9 Å². The summed E-state index contributed by atoms with van der Waals surface area (Å²) in [5, 5.41) is 10.5. The molecule has 0 aliphatic carbocycles. The fraction of sp³-hybridized carbons (Fsp3) is 0.222. The van der Waals surface area contributed by atoms with Gasteiger partial charge in [-0.1, -0.05) is 12.1 Å². The molecule has 0 saturated heterocycles. The molecule has 0 aromatic heterocycles. The van der Waals surface area contributed by atoms with Gasteiger partial charge < -0.3 is 14.6 Å². The molecule has 0 radical (unpaired) electrons. The van der Waals surface area contributed by atoms with E-state index in [2.05, 4.69) is 0 Å². The second-order valence-corrected chi connectivity index (χ2v) is 2.22. The van der Waals surface area contributed by atoms with Crippen LogP contribution in [0.15, 0.2) is 24.3 Å². The van der Waals surface area contributed by atoms with Crippen molar-refractivity contribution < 1.29 is 66.0 Å². The smallest absolute Gasteiger partial charge is 0.545 e. The zero-order valence-corrected chi connectivity index (χ0v) is 10.9. The first-order valence-electron chi connectivity index (χ1n) is 3.69. The van der Waals surface area contributed by atoms with Gasteiger partial charge in [0.25, 0.3) is 0 Å². The molecule has 0 aliphatic rings. The van der Waals surface area contributed by atoms with Crippen molar-refractivity contribution >= 4 is 5.97 Å². The number of hydrogen-bond acceptors (Lipinski definition) is 3. The summed E-state index contributed by atoms with van der Waals surface area (Å²) < 4.78 is 5.08. The number of rotatable bonds is 3. The molecule has 0 saturated carbocycles. The van der Waals surface area contributed by atoms with Crippen LogP contribution in [0.2, 0.25) is 0 Å². The van der Waals surface area contributed by atoms with Gasteiger partial charge >= 0.3 is 51.4 Å². The average Bonchev–Trinajstić information content (AvgIpc) is 2.05. The molecule has 0 spiro atoms. The molecule has 0 atom stereocenters. The maximum Gasteiger partial charge on any atom is 1.00 e. The van der Waals surface area contributed by atoms with Crippen LogP contribution in [0.3, 0.4) is 0 Å². The molecule has 4 heteroatoms. The minimum absolute atomic E-state index is 0. The van der Waals surface area contributed by atoms with Crippen molar-refractivity contribution in [2.45, 2.75) is 6.92 Å². The van der Waals surface area contributed by atoms with Crippen molar-refractivity contribution in [1.29, 1.82) is 0 Å². The van der Waals surface area contributed by atoms with Crippen molar-refractivity contribution in [2.75, 3.05) is 6.61 Å². The average molecular weight is 204 g/mol. The van der Waals surface area contributed by atoms with Crippen LogP contribution in [-0.2, 0) is 0 Å². The minimum atomic E-state index is -1.21. The number of hydrogen-bond donors (Lipinski definition) is 0. The summed E-state index contributed by atoms with van der Waals surface area (Å²) >= 11 is 0. The zero-order chi connectivity index (χ0) is 8.97. The van der Waals surface area contributed by atoms with Crippen LogP contribution in [0.5, 0.6) is 5.75 Å². The van der Waals surface area contributed by atoms with Crippen molar-refractivity contribution in [3.63, 3.8) is 0 Å². The van der Waals surface area contributed by atoms with E-state index in [9.17, 15) is 9.90 Å². The summed E-state index contributed by atoms with van der Waals surface area (Å²) in [5.41, 5.74) is 0.0966. The van der Waals surface area contributed by atoms with E-state index in [1.807, 2.05) is 0 Å².